The van der Waals surface area contributed by atoms with E-state index in [0.29, 0.717) is 16.9 Å². The van der Waals surface area contributed by atoms with E-state index >= 15 is 0 Å². The maximum absolute atomic E-state index is 14.2. The van der Waals surface area contributed by atoms with Gasteiger partial charge in [-0.2, -0.15) is 0 Å². The lowest BCUT2D eigenvalue weighted by molar-refractivity contribution is 0.631. The first-order chi connectivity index (χ1) is 10.6. The molecule has 0 unspecified atom stereocenters. The number of hydrogen-bond acceptors (Lipinski definition) is 4. The quantitative estimate of drug-likeness (QED) is 0.575. The van der Waals surface area contributed by atoms with Crippen molar-refractivity contribution in [3.05, 3.63) is 54.0 Å². The van der Waals surface area contributed by atoms with Crippen molar-refractivity contribution in [1.29, 1.82) is 0 Å². The Morgan fingerprint density at radius 1 is 1.50 bits per heavy atom. The summed E-state index contributed by atoms with van der Waals surface area (Å²) in [7, 11) is 1.79. The van der Waals surface area contributed by atoms with Crippen LogP contribution in [0.2, 0.25) is 0 Å². The van der Waals surface area contributed by atoms with Crippen molar-refractivity contribution in [2.24, 2.45) is 0 Å². The minimum Gasteiger partial charge on any atom is -0.398 e. The van der Waals surface area contributed by atoms with Gasteiger partial charge in [0, 0.05) is 24.5 Å². The van der Waals surface area contributed by atoms with Gasteiger partial charge in [0.1, 0.15) is 28.4 Å². The van der Waals surface area contributed by atoms with Crippen LogP contribution in [0.5, 0.6) is 0 Å². The van der Waals surface area contributed by atoms with Crippen molar-refractivity contribution in [2.45, 2.75) is 6.92 Å². The molecule has 6 heteroatoms. The van der Waals surface area contributed by atoms with E-state index in [1.165, 1.54) is 17.4 Å². The molecule has 0 atom stereocenters. The first-order valence-corrected chi connectivity index (χ1v) is 7.48. The summed E-state index contributed by atoms with van der Waals surface area (Å²) < 4.78 is 16.1. The van der Waals surface area contributed by atoms with Crippen LogP contribution in [0, 0.1) is 12.7 Å². The number of thiazole rings is 1. The van der Waals surface area contributed by atoms with E-state index < -0.39 is 0 Å². The van der Waals surface area contributed by atoms with Crippen LogP contribution in [-0.2, 0) is 0 Å². The Morgan fingerprint density at radius 3 is 2.95 bits per heavy atom. The van der Waals surface area contributed by atoms with Crippen LogP contribution in [0.1, 0.15) is 11.3 Å². The molecule has 3 N–H and O–H groups in total. The van der Waals surface area contributed by atoms with Gasteiger partial charge in [-0.3, -0.25) is 4.40 Å². The van der Waals surface area contributed by atoms with E-state index in [4.69, 9.17) is 5.73 Å². The lowest BCUT2D eigenvalue weighted by atomic mass is 10.1. The predicted molar refractivity (Wildman–Crippen MR) is 89.2 cm³/mol. The molecule has 0 saturated heterocycles. The van der Waals surface area contributed by atoms with Crippen molar-refractivity contribution in [3.8, 4) is 10.4 Å². The molecule has 4 nitrogen and oxygen atoms in total. The molecule has 2 heterocycles. The van der Waals surface area contributed by atoms with E-state index in [9.17, 15) is 4.39 Å². The molecule has 0 aliphatic rings. The molecular formula is C16H15FN4S. The Kier molecular flexibility index (Phi) is 3.48. The third-order valence-electron chi connectivity index (χ3n) is 3.58. The molecule has 3 aromatic rings. The first kappa shape index (κ1) is 14.4. The molecular weight excluding hydrogens is 299 g/mol. The van der Waals surface area contributed by atoms with Crippen LogP contribution in [0.15, 0.2) is 37.0 Å². The van der Waals surface area contributed by atoms with Gasteiger partial charge in [-0.15, -0.1) is 17.1 Å². The Labute approximate surface area is 131 Å². The number of rotatable bonds is 3. The highest BCUT2D eigenvalue weighted by Gasteiger charge is 2.17. The largest absolute Gasteiger partial charge is 0.398 e. The summed E-state index contributed by atoms with van der Waals surface area (Å²) in [6, 6.07) is 2.98. The topological polar surface area (TPSA) is 55.4 Å². The number of imidazole rings is 1. The number of fused-ring (bicyclic) bond motifs is 1. The Hall–Kier alpha value is -2.56. The van der Waals surface area contributed by atoms with Gasteiger partial charge < -0.3 is 11.1 Å². The maximum atomic E-state index is 14.2. The summed E-state index contributed by atoms with van der Waals surface area (Å²) in [6.07, 6.45) is 3.55. The summed E-state index contributed by atoms with van der Waals surface area (Å²) in [5.74, 6) is -0.279. The average molecular weight is 314 g/mol. The number of halogens is 1. The fourth-order valence-corrected chi connectivity index (χ4v) is 3.56. The van der Waals surface area contributed by atoms with Crippen LogP contribution in [0.25, 0.3) is 21.0 Å². The van der Waals surface area contributed by atoms with Crippen LogP contribution in [-0.4, -0.2) is 16.4 Å². The molecule has 0 radical (unpaired) electrons. The summed E-state index contributed by atoms with van der Waals surface area (Å²) >= 11 is 1.46. The molecule has 2 aromatic heterocycles. The second-order valence-corrected chi connectivity index (χ2v) is 5.87. The molecule has 22 heavy (non-hydrogen) atoms. The number of aromatic nitrogens is 2. The van der Waals surface area contributed by atoms with Crippen LogP contribution < -0.4 is 11.1 Å². The second-order valence-electron chi connectivity index (χ2n) is 4.84. The number of nitrogens with two attached hydrogens (primary N) is 1. The van der Waals surface area contributed by atoms with Gasteiger partial charge in [0.25, 0.3) is 0 Å². The number of nitrogen functional groups attached to an aromatic ring is 1. The summed E-state index contributed by atoms with van der Waals surface area (Å²) in [5, 5.41) is 3.01. The van der Waals surface area contributed by atoms with Gasteiger partial charge in [-0.05, 0) is 24.6 Å². The maximum Gasteiger partial charge on any atom is 0.132 e. The number of nitrogens with zero attached hydrogens (tertiary/aromatic N) is 2. The van der Waals surface area contributed by atoms with Gasteiger partial charge >= 0.3 is 0 Å². The van der Waals surface area contributed by atoms with Crippen molar-refractivity contribution in [3.63, 3.8) is 0 Å². The molecule has 0 spiro atoms. The van der Waals surface area contributed by atoms with Gasteiger partial charge in [0.05, 0.1) is 4.88 Å². The lowest BCUT2D eigenvalue weighted by Crippen LogP contribution is -2.03. The summed E-state index contributed by atoms with van der Waals surface area (Å²) in [4.78, 5) is 6.05. The zero-order valence-electron chi connectivity index (χ0n) is 12.3. The van der Waals surface area contributed by atoms with Crippen molar-refractivity contribution in [1.82, 2.24) is 14.7 Å². The van der Waals surface area contributed by atoms with E-state index in [2.05, 4.69) is 22.6 Å². The molecule has 3 rings (SSSR count). The Morgan fingerprint density at radius 2 is 2.27 bits per heavy atom. The summed E-state index contributed by atoms with van der Waals surface area (Å²) in [5.41, 5.74) is 12.0. The summed E-state index contributed by atoms with van der Waals surface area (Å²) in [6.45, 7) is 5.48. The van der Waals surface area contributed by atoms with Crippen molar-refractivity contribution >= 4 is 27.6 Å². The SMILES string of the molecule is C=C=C(NC)c1ncn2cc(-c3c(F)ccc(N)c3C)sc12. The lowest BCUT2D eigenvalue weighted by Gasteiger charge is -2.07. The minimum atomic E-state index is -0.279. The molecule has 0 amide bonds. The number of nitrogens with one attached hydrogen (secondary N) is 1. The second kappa shape index (κ2) is 5.33. The van der Waals surface area contributed by atoms with E-state index in [1.807, 2.05) is 17.5 Å². The van der Waals surface area contributed by atoms with Crippen LogP contribution in [0.4, 0.5) is 10.1 Å². The molecule has 1 aromatic carbocycles. The molecule has 0 fully saturated rings. The van der Waals surface area contributed by atoms with E-state index in [1.54, 1.807) is 19.4 Å². The Bertz CT molecular complexity index is 916. The number of benzene rings is 1. The van der Waals surface area contributed by atoms with Gasteiger partial charge in [-0.1, -0.05) is 6.58 Å². The first-order valence-electron chi connectivity index (χ1n) is 6.66. The Balaban J connectivity index is 2.23. The van der Waals surface area contributed by atoms with Gasteiger partial charge in [0.15, 0.2) is 0 Å². The molecule has 112 valence electrons. The minimum absolute atomic E-state index is 0.279. The van der Waals surface area contributed by atoms with E-state index in [0.717, 1.165) is 21.0 Å². The fraction of sp³-hybridized carbons (Fsp3) is 0.125. The smallest absolute Gasteiger partial charge is 0.132 e. The molecule has 0 aliphatic carbocycles. The highest BCUT2D eigenvalue weighted by atomic mass is 32.1. The third-order valence-corrected chi connectivity index (χ3v) is 4.70. The van der Waals surface area contributed by atoms with Gasteiger partial charge in [0.2, 0.25) is 0 Å². The average Bonchev–Trinajstić information content (AvgIpc) is 3.06. The zero-order chi connectivity index (χ0) is 15.9. The molecule has 0 saturated carbocycles. The molecule has 0 bridgehead atoms. The number of anilines is 1. The van der Waals surface area contributed by atoms with Crippen LogP contribution in [0.3, 0.4) is 0 Å². The fourth-order valence-electron chi connectivity index (χ4n) is 2.37. The normalized spacial score (nSPS) is 10.7. The third kappa shape index (κ3) is 2.09. The highest BCUT2D eigenvalue weighted by Crippen LogP contribution is 2.36. The standard InChI is InChI=1S/C16H15FN4S/c1-4-12(19-3)15-16-21(8-20-15)7-13(22-16)14-9(2)11(18)6-5-10(14)17/h5-8,19H,1,18H2,2-3H3. The number of hydrogen-bond donors (Lipinski definition) is 2. The van der Waals surface area contributed by atoms with E-state index in [-0.39, 0.29) is 5.82 Å². The van der Waals surface area contributed by atoms with Crippen LogP contribution >= 0.6 is 11.3 Å². The predicted octanol–water partition coefficient (Wildman–Crippen LogP) is 3.44. The van der Waals surface area contributed by atoms with Crippen molar-refractivity contribution < 1.29 is 4.39 Å². The van der Waals surface area contributed by atoms with Crippen molar-refractivity contribution in [2.75, 3.05) is 12.8 Å². The zero-order valence-corrected chi connectivity index (χ0v) is 13.1. The molecule has 0 aliphatic heterocycles. The highest BCUT2D eigenvalue weighted by molar-refractivity contribution is 7.21. The monoisotopic (exact) mass is 314 g/mol. The van der Waals surface area contributed by atoms with Gasteiger partial charge in [-0.25, -0.2) is 9.37 Å².